The van der Waals surface area contributed by atoms with Crippen molar-refractivity contribution < 1.29 is 0 Å². The summed E-state index contributed by atoms with van der Waals surface area (Å²) in [6, 6.07) is 83.6. The first-order valence-electron chi connectivity index (χ1n) is 21.3. The molecular weight excluding hydrogens is 801 g/mol. The highest BCUT2D eigenvalue weighted by molar-refractivity contribution is 7.28. The lowest BCUT2D eigenvalue weighted by atomic mass is 9.92. The summed E-state index contributed by atoms with van der Waals surface area (Å²) in [7, 11) is 0. The van der Waals surface area contributed by atoms with Crippen molar-refractivity contribution in [2.24, 2.45) is 0 Å². The average molecular weight is 839 g/mol. The van der Waals surface area contributed by atoms with Gasteiger partial charge in [-0.05, 0) is 122 Å². The molecule has 296 valence electrons. The van der Waals surface area contributed by atoms with Gasteiger partial charge in [-0.15, -0.1) is 22.7 Å². The number of benzene rings is 10. The van der Waals surface area contributed by atoms with E-state index in [9.17, 15) is 0 Å². The molecule has 0 aliphatic carbocycles. The summed E-state index contributed by atoms with van der Waals surface area (Å²) in [6.07, 6.45) is 0. The Morgan fingerprint density at radius 2 is 0.889 bits per heavy atom. The maximum Gasteiger partial charge on any atom is 0.124 e. The van der Waals surface area contributed by atoms with Crippen molar-refractivity contribution in [1.29, 1.82) is 0 Å². The van der Waals surface area contributed by atoms with Crippen molar-refractivity contribution in [2.75, 3.05) is 4.90 Å². The molecule has 0 aliphatic heterocycles. The zero-order chi connectivity index (χ0) is 41.7. The molecule has 0 amide bonds. The average Bonchev–Trinajstić information content (AvgIpc) is 3.97. The second-order valence-electron chi connectivity index (χ2n) is 15.9. The number of thiophene rings is 1. The third kappa shape index (κ3) is 6.87. The Morgan fingerprint density at radius 1 is 0.333 bits per heavy atom. The molecule has 2 aromatic heterocycles. The van der Waals surface area contributed by atoms with Crippen molar-refractivity contribution in [3.05, 3.63) is 231 Å². The molecule has 0 saturated carbocycles. The van der Waals surface area contributed by atoms with Gasteiger partial charge in [0.1, 0.15) is 5.01 Å². The predicted molar refractivity (Wildman–Crippen MR) is 272 cm³/mol. The van der Waals surface area contributed by atoms with Crippen LogP contribution >= 0.6 is 22.7 Å². The molecule has 0 aliphatic rings. The van der Waals surface area contributed by atoms with E-state index < -0.39 is 0 Å². The van der Waals surface area contributed by atoms with Gasteiger partial charge in [-0.25, -0.2) is 4.98 Å². The van der Waals surface area contributed by atoms with Gasteiger partial charge in [-0.2, -0.15) is 0 Å². The summed E-state index contributed by atoms with van der Waals surface area (Å²) < 4.78 is 3.84. The summed E-state index contributed by atoms with van der Waals surface area (Å²) in [6.45, 7) is 0. The summed E-state index contributed by atoms with van der Waals surface area (Å²) in [5, 5.41) is 6.12. The van der Waals surface area contributed by atoms with Crippen molar-refractivity contribution in [1.82, 2.24) is 4.98 Å². The first kappa shape index (κ1) is 37.2. The maximum atomic E-state index is 5.07. The fraction of sp³-hybridized carbons (Fsp3) is 0. The van der Waals surface area contributed by atoms with Crippen LogP contribution in [0.15, 0.2) is 231 Å². The third-order valence-corrected chi connectivity index (χ3v) is 14.4. The monoisotopic (exact) mass is 838 g/mol. The lowest BCUT2D eigenvalue weighted by Crippen LogP contribution is -2.10. The van der Waals surface area contributed by atoms with E-state index in [4.69, 9.17) is 4.98 Å². The molecule has 12 aromatic rings. The van der Waals surface area contributed by atoms with Gasteiger partial charge in [0.15, 0.2) is 0 Å². The molecular formula is C59H38N2S2. The minimum atomic E-state index is 1.05. The summed E-state index contributed by atoms with van der Waals surface area (Å²) in [5.74, 6) is 0. The number of thiazole rings is 1. The van der Waals surface area contributed by atoms with Crippen LogP contribution in [0, 0.1) is 0 Å². The van der Waals surface area contributed by atoms with Crippen LogP contribution in [0.3, 0.4) is 0 Å². The molecule has 0 spiro atoms. The quantitative estimate of drug-likeness (QED) is 0.152. The molecule has 0 N–H and O–H groups in total. The van der Waals surface area contributed by atoms with Crippen molar-refractivity contribution in [3.8, 4) is 55.1 Å². The van der Waals surface area contributed by atoms with Gasteiger partial charge in [0.05, 0.1) is 10.2 Å². The molecule has 2 nitrogen and oxygen atoms in total. The fourth-order valence-electron chi connectivity index (χ4n) is 8.95. The molecule has 0 radical (unpaired) electrons. The Kier molecular flexibility index (Phi) is 9.25. The lowest BCUT2D eigenvalue weighted by molar-refractivity contribution is 1.28. The summed E-state index contributed by atoms with van der Waals surface area (Å²) >= 11 is 3.65. The predicted octanol–water partition coefficient (Wildman–Crippen LogP) is 17.6. The molecule has 2 heterocycles. The van der Waals surface area contributed by atoms with Gasteiger partial charge in [0.2, 0.25) is 0 Å². The highest BCUT2D eigenvalue weighted by Crippen LogP contribution is 2.45. The van der Waals surface area contributed by atoms with E-state index >= 15 is 0 Å². The third-order valence-electron chi connectivity index (χ3n) is 12.1. The number of hydrogen-bond donors (Lipinski definition) is 0. The first-order chi connectivity index (χ1) is 31.2. The second-order valence-corrected chi connectivity index (χ2v) is 18.0. The van der Waals surface area contributed by atoms with E-state index in [0.29, 0.717) is 0 Å². The molecule has 0 fully saturated rings. The van der Waals surface area contributed by atoms with Crippen LogP contribution in [0.1, 0.15) is 0 Å². The standard InChI is InChI=1S/C59H38N2S2/c1-4-12-39(13-5-1)41-22-27-48(28-23-41)61(50-31-32-51(52(38-50)43-15-6-2-7-16-43)47-21-20-40-14-10-11-19-45(40)36-47)49-29-24-42(25-30-49)46-26-34-55-53(37-46)57-56(62-55)35-33-54-58(57)63-59(60-54)44-17-8-3-9-18-44/h1-38H. The van der Waals surface area contributed by atoms with E-state index in [1.54, 1.807) is 11.3 Å². The van der Waals surface area contributed by atoms with Crippen molar-refractivity contribution in [2.45, 2.75) is 0 Å². The number of anilines is 3. The van der Waals surface area contributed by atoms with Gasteiger partial charge in [0, 0.05) is 42.8 Å². The molecule has 12 rings (SSSR count). The maximum absolute atomic E-state index is 5.07. The highest BCUT2D eigenvalue weighted by atomic mass is 32.1. The van der Waals surface area contributed by atoms with Crippen LogP contribution in [-0.2, 0) is 0 Å². The Balaban J connectivity index is 0.967. The SMILES string of the molecule is c1ccc(-c2ccc(N(c3ccc(-c4ccc5sc6ccc7nc(-c8ccccc8)sc7c6c5c4)cc3)c3ccc(-c4ccc5ccccc5c4)c(-c4ccccc4)c3)cc2)cc1. The van der Waals surface area contributed by atoms with Gasteiger partial charge >= 0.3 is 0 Å². The first-order valence-corrected chi connectivity index (χ1v) is 22.9. The second kappa shape index (κ2) is 15.7. The van der Waals surface area contributed by atoms with Crippen LogP contribution in [0.4, 0.5) is 17.1 Å². The lowest BCUT2D eigenvalue weighted by Gasteiger charge is -2.27. The molecule has 10 aromatic carbocycles. The van der Waals surface area contributed by atoms with E-state index in [1.807, 2.05) is 11.3 Å². The van der Waals surface area contributed by atoms with Crippen molar-refractivity contribution in [3.63, 3.8) is 0 Å². The van der Waals surface area contributed by atoms with Crippen LogP contribution in [0.2, 0.25) is 0 Å². The van der Waals surface area contributed by atoms with Gasteiger partial charge in [0.25, 0.3) is 0 Å². The Bertz CT molecular complexity index is 3590. The normalized spacial score (nSPS) is 11.5. The summed E-state index contributed by atoms with van der Waals surface area (Å²) in [5.41, 5.74) is 15.0. The summed E-state index contributed by atoms with van der Waals surface area (Å²) in [4.78, 5) is 7.45. The molecule has 0 saturated heterocycles. The number of nitrogens with zero attached hydrogens (tertiary/aromatic N) is 2. The van der Waals surface area contributed by atoms with Gasteiger partial charge < -0.3 is 4.90 Å². The van der Waals surface area contributed by atoms with Crippen LogP contribution in [0.5, 0.6) is 0 Å². The Labute approximate surface area is 374 Å². The molecule has 0 bridgehead atoms. The van der Waals surface area contributed by atoms with Crippen LogP contribution in [-0.4, -0.2) is 4.98 Å². The largest absolute Gasteiger partial charge is 0.310 e. The van der Waals surface area contributed by atoms with Gasteiger partial charge in [-0.3, -0.25) is 0 Å². The zero-order valence-corrected chi connectivity index (χ0v) is 35.8. The molecule has 0 atom stereocenters. The van der Waals surface area contributed by atoms with E-state index in [2.05, 4.69) is 235 Å². The Hall–Kier alpha value is -7.63. The minimum absolute atomic E-state index is 1.05. The smallest absolute Gasteiger partial charge is 0.124 e. The fourth-order valence-corrected chi connectivity index (χ4v) is 11.2. The molecule has 63 heavy (non-hydrogen) atoms. The molecule has 0 unspecified atom stereocenters. The number of rotatable bonds is 8. The Morgan fingerprint density at radius 3 is 1.60 bits per heavy atom. The van der Waals surface area contributed by atoms with Crippen LogP contribution in [0.25, 0.3) is 96.2 Å². The zero-order valence-electron chi connectivity index (χ0n) is 34.2. The highest BCUT2D eigenvalue weighted by Gasteiger charge is 2.19. The topological polar surface area (TPSA) is 16.1 Å². The minimum Gasteiger partial charge on any atom is -0.310 e. The van der Waals surface area contributed by atoms with E-state index in [1.165, 1.54) is 80.2 Å². The molecule has 4 heteroatoms. The number of fused-ring (bicyclic) bond motifs is 6. The van der Waals surface area contributed by atoms with E-state index in [0.717, 1.165) is 33.1 Å². The van der Waals surface area contributed by atoms with Crippen LogP contribution < -0.4 is 4.90 Å². The number of hydrogen-bond acceptors (Lipinski definition) is 4. The van der Waals surface area contributed by atoms with E-state index in [-0.39, 0.29) is 0 Å². The van der Waals surface area contributed by atoms with Crippen molar-refractivity contribution >= 4 is 80.9 Å². The number of aromatic nitrogens is 1. The van der Waals surface area contributed by atoms with Gasteiger partial charge in [-0.1, -0.05) is 164 Å².